The number of aromatic nitrogens is 5. The quantitative estimate of drug-likeness (QED) is 0.0291. The minimum Gasteiger partial charge on any atom is -0.463 e. The molecule has 2 unspecified atom stereocenters. The number of halogens is 1. The smallest absolute Gasteiger partial charge is 0.331 e. The second kappa shape index (κ2) is 40.5. The summed E-state index contributed by atoms with van der Waals surface area (Å²) in [7, 11) is 5.33. The van der Waals surface area contributed by atoms with E-state index in [9.17, 15) is 19.2 Å². The Labute approximate surface area is 633 Å². The van der Waals surface area contributed by atoms with E-state index in [1.54, 1.807) is 46.2 Å². The van der Waals surface area contributed by atoms with E-state index in [1.807, 2.05) is 208 Å². The highest BCUT2D eigenvalue weighted by molar-refractivity contribution is 9.10. The highest BCUT2D eigenvalue weighted by Gasteiger charge is 2.21. The number of H-pyrrole nitrogens is 5. The van der Waals surface area contributed by atoms with Gasteiger partial charge in [-0.15, -0.1) is 0 Å². The van der Waals surface area contributed by atoms with Crippen molar-refractivity contribution in [1.82, 2.24) is 40.9 Å². The zero-order valence-electron chi connectivity index (χ0n) is 60.7. The van der Waals surface area contributed by atoms with Crippen molar-refractivity contribution >= 4 is 111 Å². The molecule has 5 aromatic heterocycles. The molecule has 0 saturated heterocycles. The average molecular weight is 1480 g/mol. The van der Waals surface area contributed by atoms with Crippen LogP contribution in [0.15, 0.2) is 327 Å². The predicted octanol–water partition coefficient (Wildman–Crippen LogP) is 20.0. The van der Waals surface area contributed by atoms with Crippen molar-refractivity contribution < 1.29 is 28.7 Å². The third-order valence-electron chi connectivity index (χ3n) is 17.8. The molecule has 0 saturated carbocycles. The molecule has 14 nitrogen and oxygen atoms in total. The van der Waals surface area contributed by atoms with E-state index in [4.69, 9.17) is 9.47 Å². The van der Waals surface area contributed by atoms with Gasteiger partial charge in [-0.25, -0.2) is 9.59 Å². The molecular weight excluding hydrogens is 1390 g/mol. The summed E-state index contributed by atoms with van der Waals surface area (Å²) in [6.45, 7) is 5.38. The van der Waals surface area contributed by atoms with Gasteiger partial charge in [0.15, 0.2) is 0 Å². The largest absolute Gasteiger partial charge is 0.463 e. The molecule has 5 heterocycles. The van der Waals surface area contributed by atoms with Crippen LogP contribution >= 0.6 is 15.9 Å². The Morgan fingerprint density at radius 2 is 0.794 bits per heavy atom. The van der Waals surface area contributed by atoms with Crippen molar-refractivity contribution in [2.75, 3.05) is 40.9 Å². The zero-order chi connectivity index (χ0) is 75.0. The Bertz CT molecular complexity index is 5370. The van der Waals surface area contributed by atoms with Crippen molar-refractivity contribution in [3.05, 3.63) is 377 Å². The fourth-order valence-electron chi connectivity index (χ4n) is 12.6. The van der Waals surface area contributed by atoms with Gasteiger partial charge in [0, 0.05) is 114 Å². The molecule has 107 heavy (non-hydrogen) atoms. The monoisotopic (exact) mass is 1480 g/mol. The first-order chi connectivity index (χ1) is 52.5. The van der Waals surface area contributed by atoms with Crippen molar-refractivity contribution in [2.24, 2.45) is 0 Å². The summed E-state index contributed by atoms with van der Waals surface area (Å²) in [6, 6.07) is 91.7. The van der Waals surface area contributed by atoms with E-state index < -0.39 is 0 Å². The van der Waals surface area contributed by atoms with Crippen molar-refractivity contribution in [3.8, 4) is 0 Å². The number of hydrogen-bond acceptors (Lipinski definition) is 7. The zero-order valence-corrected chi connectivity index (χ0v) is 62.3. The number of carbonyl (C=O) groups excluding carboxylic acids is 4. The SMILES string of the molecule is Brc1cccc2cc[nH]c12.CCOC(=O)/C=C(/c1ccccc1)c1cccc2cc[nH]c12.CCOC(=O)/C=C/c1ccccc1.CNC(=O)/C=C(/c1ccccc1)c1cccc2cc[nH]c12.CNC(=O)CC(c1ccccc1)c1cccc2cc[nH]c12.CNCCC(c1ccccc1)c1cccc2cc[nH]c12. The number of para-hydroxylation sites is 5. The van der Waals surface area contributed by atoms with Crippen LogP contribution in [0, 0.1) is 0 Å². The van der Waals surface area contributed by atoms with Gasteiger partial charge in [0.05, 0.1) is 29.8 Å². The number of aromatic amines is 5. The number of benzene rings is 10. The first-order valence-electron chi connectivity index (χ1n) is 35.7. The molecule has 0 aliphatic heterocycles. The molecule has 540 valence electrons. The first-order valence-corrected chi connectivity index (χ1v) is 36.5. The number of nitrogens with one attached hydrogen (secondary N) is 8. The van der Waals surface area contributed by atoms with Gasteiger partial charge in [0.1, 0.15) is 0 Å². The van der Waals surface area contributed by atoms with E-state index >= 15 is 0 Å². The van der Waals surface area contributed by atoms with Gasteiger partial charge in [-0.3, -0.25) is 9.59 Å². The van der Waals surface area contributed by atoms with Gasteiger partial charge in [-0.2, -0.15) is 0 Å². The Kier molecular flexibility index (Phi) is 29.2. The van der Waals surface area contributed by atoms with E-state index in [-0.39, 0.29) is 29.7 Å². The molecule has 2 atom stereocenters. The maximum atomic E-state index is 12.0. The third kappa shape index (κ3) is 21.5. The molecule has 0 bridgehead atoms. The van der Waals surface area contributed by atoms with Crippen LogP contribution in [0.2, 0.25) is 0 Å². The fraction of sp³-hybridized carbons (Fsp3) is 0.130. The molecule has 0 aliphatic carbocycles. The van der Waals surface area contributed by atoms with E-state index in [0.717, 1.165) is 94.9 Å². The minimum atomic E-state index is -0.329. The average Bonchev–Trinajstić information content (AvgIpc) is 1.76. The third-order valence-corrected chi connectivity index (χ3v) is 18.4. The summed E-state index contributed by atoms with van der Waals surface area (Å²) in [5.41, 5.74) is 17.4. The topological polar surface area (TPSA) is 202 Å². The van der Waals surface area contributed by atoms with Crippen LogP contribution in [-0.4, -0.2) is 89.6 Å². The fourth-order valence-corrected chi connectivity index (χ4v) is 13.1. The number of fused-ring (bicyclic) bond motifs is 5. The number of ether oxygens (including phenoxy) is 2. The maximum Gasteiger partial charge on any atom is 0.331 e. The predicted molar refractivity (Wildman–Crippen MR) is 443 cm³/mol. The van der Waals surface area contributed by atoms with Crippen molar-refractivity contribution in [2.45, 2.75) is 38.5 Å². The van der Waals surface area contributed by atoms with Crippen LogP contribution < -0.4 is 16.0 Å². The van der Waals surface area contributed by atoms with E-state index in [1.165, 1.54) is 44.4 Å². The summed E-state index contributed by atoms with van der Waals surface area (Å²) in [5.74, 6) is -0.222. The van der Waals surface area contributed by atoms with Crippen molar-refractivity contribution in [3.63, 3.8) is 0 Å². The van der Waals surface area contributed by atoms with Gasteiger partial charge in [0.25, 0.3) is 0 Å². The molecule has 2 amide bonds. The maximum absolute atomic E-state index is 12.0. The molecule has 0 fully saturated rings. The summed E-state index contributed by atoms with van der Waals surface area (Å²) in [4.78, 5) is 63.0. The lowest BCUT2D eigenvalue weighted by molar-refractivity contribution is -0.138. The van der Waals surface area contributed by atoms with Gasteiger partial charge >= 0.3 is 11.9 Å². The highest BCUT2D eigenvalue weighted by atomic mass is 79.9. The molecule has 0 spiro atoms. The molecule has 8 N–H and O–H groups in total. The number of esters is 2. The minimum absolute atomic E-state index is 0.0485. The molecule has 0 radical (unpaired) electrons. The Hall–Kier alpha value is -12.6. The van der Waals surface area contributed by atoms with Crippen LogP contribution in [0.3, 0.4) is 0 Å². The number of hydrogen-bond donors (Lipinski definition) is 8. The number of carbonyl (C=O) groups is 4. The summed E-state index contributed by atoms with van der Waals surface area (Å²) >= 11 is 3.44. The molecule has 15 heteroatoms. The molecule has 10 aromatic carbocycles. The second-order valence-electron chi connectivity index (χ2n) is 24.7. The number of likely N-dealkylation sites (N-methyl/N-ethyl adjacent to an activating group) is 1. The summed E-state index contributed by atoms with van der Waals surface area (Å²) in [5, 5.41) is 14.6. The molecular formula is C92H89BrN8O6. The summed E-state index contributed by atoms with van der Waals surface area (Å²) < 4.78 is 10.9. The van der Waals surface area contributed by atoms with Crippen LogP contribution in [0.25, 0.3) is 71.7 Å². The van der Waals surface area contributed by atoms with Crippen LogP contribution in [0.4, 0.5) is 0 Å². The van der Waals surface area contributed by atoms with Gasteiger partial charge < -0.3 is 50.3 Å². The van der Waals surface area contributed by atoms with E-state index in [0.29, 0.717) is 25.6 Å². The normalized spacial score (nSPS) is 11.6. The second-order valence-corrected chi connectivity index (χ2v) is 25.5. The van der Waals surface area contributed by atoms with E-state index in [2.05, 4.69) is 160 Å². The van der Waals surface area contributed by atoms with Crippen LogP contribution in [0.1, 0.15) is 88.6 Å². The lowest BCUT2D eigenvalue weighted by atomic mass is 9.87. The Balaban J connectivity index is 0.000000139. The molecule has 15 rings (SSSR count). The number of amides is 2. The molecule has 0 aliphatic rings. The van der Waals surface area contributed by atoms with Gasteiger partial charge in [0.2, 0.25) is 11.8 Å². The van der Waals surface area contributed by atoms with Crippen LogP contribution in [0.5, 0.6) is 0 Å². The lowest BCUT2D eigenvalue weighted by Crippen LogP contribution is -2.21. The standard InChI is InChI=1S/C19H17NO2.C18H18N2O.C18H16N2O.C18H20N2.C11H12O2.C8H6BrN/c1-2-22-18(21)13-17(14-7-4-3-5-8-14)16-10-6-9-15-11-12-20-19(15)16;2*1-19-17(21)12-16(13-6-3-2-4-7-13)15-9-5-8-14-10-11-20-18(14)15;1-19-12-11-16(14-6-3-2-4-7-14)17-9-5-8-15-10-13-20-18(15)17;1-2-13-11(12)9-8-10-6-4-3-5-7-10;9-7-3-1-2-6-4-5-10-8(6)7/h3-13,20H,2H2,1H3;2-11,16,20H,12H2,1H3,(H,19,21);2-12,20H,1H3,(H,19,21);2-10,13,16,19-20H,11-12H2,1H3;3-9H,2H2,1H3;1-5,10H/b17-13-;;16-12-;;9-8+;. The molecule has 15 aromatic rings. The van der Waals surface area contributed by atoms with Crippen LogP contribution in [-0.2, 0) is 28.7 Å². The van der Waals surface area contributed by atoms with Gasteiger partial charge in [-0.1, -0.05) is 237 Å². The number of rotatable bonds is 19. The Morgan fingerprint density at radius 3 is 1.25 bits per heavy atom. The lowest BCUT2D eigenvalue weighted by Gasteiger charge is -2.19. The highest BCUT2D eigenvalue weighted by Crippen LogP contribution is 2.36. The van der Waals surface area contributed by atoms with Gasteiger partial charge in [-0.05, 0) is 164 Å². The summed E-state index contributed by atoms with van der Waals surface area (Å²) in [6.07, 6.45) is 17.6. The first kappa shape index (κ1) is 77.1. The van der Waals surface area contributed by atoms with Crippen molar-refractivity contribution in [1.29, 1.82) is 0 Å². The Morgan fingerprint density at radius 1 is 0.402 bits per heavy atom.